The maximum atomic E-state index is 12.9. The van der Waals surface area contributed by atoms with Crippen LogP contribution in [0.15, 0.2) is 35.4 Å². The van der Waals surface area contributed by atoms with Gasteiger partial charge in [-0.1, -0.05) is 32.0 Å². The zero-order valence-corrected chi connectivity index (χ0v) is 18.5. The Morgan fingerprint density at radius 3 is 2.50 bits per heavy atom. The van der Waals surface area contributed by atoms with Gasteiger partial charge < -0.3 is 18.9 Å². The third-order valence-electron chi connectivity index (χ3n) is 4.57. The van der Waals surface area contributed by atoms with E-state index in [1.165, 1.54) is 20.2 Å². The first-order valence-corrected chi connectivity index (χ1v) is 10.1. The lowest BCUT2D eigenvalue weighted by Crippen LogP contribution is -2.23. The van der Waals surface area contributed by atoms with Crippen molar-refractivity contribution in [1.29, 1.82) is 0 Å². The number of hydrogen-bond acceptors (Lipinski definition) is 5. The Bertz CT molecular complexity index is 1040. The van der Waals surface area contributed by atoms with Gasteiger partial charge in [0, 0.05) is 34.5 Å². The molecule has 160 valence electrons. The third kappa shape index (κ3) is 5.10. The molecule has 30 heavy (non-hydrogen) atoms. The van der Waals surface area contributed by atoms with Gasteiger partial charge >= 0.3 is 0 Å². The molecular formula is C20H24N5O4S-. The highest BCUT2D eigenvalue weighted by molar-refractivity contribution is 7.80. The highest BCUT2D eigenvalue weighted by Crippen LogP contribution is 2.40. The minimum absolute atomic E-state index is 0.213. The summed E-state index contributed by atoms with van der Waals surface area (Å²) in [5.41, 5.74) is 11.2. The highest BCUT2D eigenvalue weighted by atomic mass is 32.2. The molecule has 1 N–H and O–H groups in total. The monoisotopic (exact) mass is 430 g/mol. The predicted octanol–water partition coefficient (Wildman–Crippen LogP) is 4.73. The van der Waals surface area contributed by atoms with Crippen LogP contribution in [0.3, 0.4) is 0 Å². The molecular weight excluding hydrogens is 406 g/mol. The molecule has 0 aliphatic rings. The fraction of sp³-hybridized carbons (Fsp3) is 0.350. The molecule has 0 fully saturated rings. The molecule has 9 nitrogen and oxygen atoms in total. The van der Waals surface area contributed by atoms with E-state index >= 15 is 0 Å². The molecule has 2 aromatic rings. The SMILES string of the molecule is COc1c(NC(=O)c2ccc(C)c(N=[N+]=[N-])c2)cc(C(C)(C)C)cc1N(C)S(=O)[O-]. The van der Waals surface area contributed by atoms with E-state index in [0.717, 1.165) is 15.4 Å². The molecule has 0 aliphatic carbocycles. The summed E-state index contributed by atoms with van der Waals surface area (Å²) in [7, 11) is 2.80. The first-order valence-electron chi connectivity index (χ1n) is 9.02. The highest BCUT2D eigenvalue weighted by Gasteiger charge is 2.23. The van der Waals surface area contributed by atoms with Gasteiger partial charge in [-0.3, -0.25) is 9.00 Å². The lowest BCUT2D eigenvalue weighted by atomic mass is 9.86. The van der Waals surface area contributed by atoms with Gasteiger partial charge in [-0.2, -0.15) is 0 Å². The van der Waals surface area contributed by atoms with Gasteiger partial charge in [0.1, 0.15) is 0 Å². The van der Waals surface area contributed by atoms with Crippen LogP contribution < -0.4 is 14.4 Å². The second-order valence-corrected chi connectivity index (χ2v) is 8.67. The molecule has 0 heterocycles. The fourth-order valence-corrected chi connectivity index (χ4v) is 3.07. The van der Waals surface area contributed by atoms with Crippen LogP contribution in [0.5, 0.6) is 5.75 Å². The number of rotatable bonds is 6. The van der Waals surface area contributed by atoms with Crippen LogP contribution in [-0.4, -0.2) is 28.8 Å². The van der Waals surface area contributed by atoms with Crippen molar-refractivity contribution in [3.8, 4) is 5.75 Å². The number of nitrogens with one attached hydrogen (secondary N) is 1. The van der Waals surface area contributed by atoms with E-state index in [-0.39, 0.29) is 16.7 Å². The Balaban J connectivity index is 2.58. The van der Waals surface area contributed by atoms with Crippen LogP contribution in [0.1, 0.15) is 42.3 Å². The first-order chi connectivity index (χ1) is 14.0. The van der Waals surface area contributed by atoms with Gasteiger partial charge in [0.2, 0.25) is 0 Å². The van der Waals surface area contributed by atoms with Crippen molar-refractivity contribution in [2.24, 2.45) is 5.11 Å². The summed E-state index contributed by atoms with van der Waals surface area (Å²) >= 11 is -2.53. The zero-order chi connectivity index (χ0) is 22.6. The standard InChI is InChI=1S/C20H25N5O4S/c1-12-7-8-13(9-15(12)23-24-21)19(26)22-16-10-14(20(2,3)4)11-17(18(16)29-6)25(5)30(27)28/h7-11H,1-6H3,(H,22,26)(H,27,28)/p-1. The molecule has 0 aromatic heterocycles. The van der Waals surface area contributed by atoms with Crippen molar-refractivity contribution >= 4 is 34.2 Å². The topological polar surface area (TPSA) is 130 Å². The Morgan fingerprint density at radius 2 is 1.97 bits per heavy atom. The second-order valence-electron chi connectivity index (χ2n) is 7.69. The largest absolute Gasteiger partial charge is 0.755 e. The molecule has 0 aliphatic heterocycles. The van der Waals surface area contributed by atoms with E-state index < -0.39 is 17.2 Å². The molecule has 0 saturated heterocycles. The number of methoxy groups -OCH3 is 1. The lowest BCUT2D eigenvalue weighted by molar-refractivity contribution is 0.102. The van der Waals surface area contributed by atoms with Crippen molar-refractivity contribution in [2.75, 3.05) is 23.8 Å². The number of carbonyl (C=O) groups is 1. The molecule has 1 atom stereocenters. The number of benzene rings is 2. The summed E-state index contributed by atoms with van der Waals surface area (Å²) in [5.74, 6) is -0.240. The van der Waals surface area contributed by atoms with Crippen LogP contribution in [0.25, 0.3) is 10.4 Å². The molecule has 0 spiro atoms. The Labute approximate surface area is 178 Å². The molecule has 1 unspecified atom stereocenters. The number of aryl methyl sites for hydroxylation is 1. The number of azide groups is 1. The predicted molar refractivity (Wildman–Crippen MR) is 117 cm³/mol. The van der Waals surface area contributed by atoms with E-state index in [4.69, 9.17) is 10.3 Å². The minimum atomic E-state index is -2.53. The molecule has 0 bridgehead atoms. The first kappa shape index (κ1) is 23.2. The number of carbonyl (C=O) groups excluding carboxylic acids is 1. The van der Waals surface area contributed by atoms with Gasteiger partial charge in [-0.25, -0.2) is 0 Å². The molecule has 0 radical (unpaired) electrons. The molecule has 2 rings (SSSR count). The minimum Gasteiger partial charge on any atom is -0.755 e. The van der Waals surface area contributed by atoms with E-state index in [9.17, 15) is 13.6 Å². The van der Waals surface area contributed by atoms with E-state index in [2.05, 4.69) is 15.3 Å². The number of amides is 1. The lowest BCUT2D eigenvalue weighted by Gasteiger charge is -2.28. The van der Waals surface area contributed by atoms with E-state index in [1.807, 2.05) is 20.8 Å². The van der Waals surface area contributed by atoms with Crippen molar-refractivity contribution in [3.05, 3.63) is 57.5 Å². The number of anilines is 2. The van der Waals surface area contributed by atoms with Gasteiger partial charge in [0.15, 0.2) is 5.75 Å². The average molecular weight is 431 g/mol. The average Bonchev–Trinajstić information content (AvgIpc) is 2.67. The summed E-state index contributed by atoms with van der Waals surface area (Å²) in [6.45, 7) is 7.70. The number of ether oxygens (including phenoxy) is 1. The molecule has 0 saturated carbocycles. The molecule has 10 heteroatoms. The van der Waals surface area contributed by atoms with Crippen molar-refractivity contribution < 1.29 is 18.3 Å². The maximum absolute atomic E-state index is 12.9. The van der Waals surface area contributed by atoms with Crippen LogP contribution >= 0.6 is 0 Å². The Kier molecular flexibility index (Phi) is 7.09. The Morgan fingerprint density at radius 1 is 1.30 bits per heavy atom. The van der Waals surface area contributed by atoms with Gasteiger partial charge in [-0.15, -0.1) is 0 Å². The van der Waals surface area contributed by atoms with Crippen LogP contribution in [0.2, 0.25) is 0 Å². The van der Waals surface area contributed by atoms with Crippen LogP contribution in [0.4, 0.5) is 17.1 Å². The maximum Gasteiger partial charge on any atom is 0.255 e. The number of nitrogens with zero attached hydrogens (tertiary/aromatic N) is 4. The fourth-order valence-electron chi connectivity index (χ4n) is 2.77. The van der Waals surface area contributed by atoms with Crippen LogP contribution in [0, 0.1) is 6.92 Å². The molecule has 1 amide bonds. The summed E-state index contributed by atoms with van der Waals surface area (Å²) < 4.78 is 29.6. The Hall–Kier alpha value is -3.07. The van der Waals surface area contributed by atoms with Crippen LogP contribution in [-0.2, 0) is 16.7 Å². The van der Waals surface area contributed by atoms with Crippen molar-refractivity contribution in [2.45, 2.75) is 33.1 Å². The summed E-state index contributed by atoms with van der Waals surface area (Å²) in [4.78, 5) is 15.7. The van der Waals surface area contributed by atoms with E-state index in [1.54, 1.807) is 31.2 Å². The summed E-state index contributed by atoms with van der Waals surface area (Å²) in [6.07, 6.45) is 0. The summed E-state index contributed by atoms with van der Waals surface area (Å²) in [6, 6.07) is 8.26. The normalized spacial score (nSPS) is 12.0. The molecule has 2 aromatic carbocycles. The quantitative estimate of drug-likeness (QED) is 0.307. The summed E-state index contributed by atoms with van der Waals surface area (Å²) in [5, 5.41) is 6.38. The number of hydrogen-bond donors (Lipinski definition) is 1. The van der Waals surface area contributed by atoms with E-state index in [0.29, 0.717) is 17.1 Å². The van der Waals surface area contributed by atoms with Crippen molar-refractivity contribution in [1.82, 2.24) is 0 Å². The van der Waals surface area contributed by atoms with Gasteiger partial charge in [0.25, 0.3) is 5.91 Å². The second kappa shape index (κ2) is 9.17. The smallest absolute Gasteiger partial charge is 0.255 e. The van der Waals surface area contributed by atoms with Crippen molar-refractivity contribution in [3.63, 3.8) is 0 Å². The third-order valence-corrected chi connectivity index (χ3v) is 5.22. The van der Waals surface area contributed by atoms with Gasteiger partial charge in [0.05, 0.1) is 18.5 Å². The zero-order valence-electron chi connectivity index (χ0n) is 17.7. The van der Waals surface area contributed by atoms with Gasteiger partial charge in [-0.05, 0) is 53.3 Å².